The average Bonchev–Trinajstić information content (AvgIpc) is 2.87. The molecule has 0 spiro atoms. The van der Waals surface area contributed by atoms with Crippen LogP contribution in [-0.2, 0) is 4.79 Å². The van der Waals surface area contributed by atoms with Crippen molar-refractivity contribution in [3.63, 3.8) is 0 Å². The van der Waals surface area contributed by atoms with E-state index >= 15 is 0 Å². The van der Waals surface area contributed by atoms with Gasteiger partial charge in [-0.2, -0.15) is 0 Å². The van der Waals surface area contributed by atoms with Gasteiger partial charge in [0.2, 0.25) is 5.91 Å². The molecule has 120 valence electrons. The second-order valence-corrected chi connectivity index (χ2v) is 9.04. The maximum atomic E-state index is 12.9. The summed E-state index contributed by atoms with van der Waals surface area (Å²) < 4.78 is 1.03. The number of carbonyl (C=O) groups is 1. The zero-order valence-electron chi connectivity index (χ0n) is 12.8. The summed E-state index contributed by atoms with van der Waals surface area (Å²) in [5, 5.41) is 4.52. The lowest BCUT2D eigenvalue weighted by atomic mass is 9.51. The molecule has 23 heavy (non-hydrogen) atoms. The molecule has 0 atom stereocenters. The quantitative estimate of drug-likeness (QED) is 0.835. The lowest BCUT2D eigenvalue weighted by Crippen LogP contribution is -2.49. The van der Waals surface area contributed by atoms with Gasteiger partial charge in [-0.15, -0.1) is 0 Å². The highest BCUT2D eigenvalue weighted by Gasteiger charge is 2.50. The SMILES string of the molecule is O=C(Nc1nc2ccc(Cl)cc2s1)C1C2CC3CC(C2)CC1C3. The highest BCUT2D eigenvalue weighted by molar-refractivity contribution is 7.22. The summed E-state index contributed by atoms with van der Waals surface area (Å²) in [6.45, 7) is 0. The number of fused-ring (bicyclic) bond motifs is 1. The van der Waals surface area contributed by atoms with Crippen LogP contribution in [0.3, 0.4) is 0 Å². The van der Waals surface area contributed by atoms with Crippen LogP contribution in [0.4, 0.5) is 5.13 Å². The van der Waals surface area contributed by atoms with Crippen molar-refractivity contribution in [1.29, 1.82) is 0 Å². The molecular weight excluding hydrogens is 328 g/mol. The number of nitrogens with one attached hydrogen (secondary N) is 1. The van der Waals surface area contributed by atoms with Gasteiger partial charge in [0.25, 0.3) is 0 Å². The fourth-order valence-corrected chi connectivity index (χ4v) is 6.64. The number of hydrogen-bond acceptors (Lipinski definition) is 3. The molecule has 6 rings (SSSR count). The molecule has 1 amide bonds. The number of hydrogen-bond donors (Lipinski definition) is 1. The largest absolute Gasteiger partial charge is 0.302 e. The van der Waals surface area contributed by atoms with Crippen molar-refractivity contribution >= 4 is 44.2 Å². The Morgan fingerprint density at radius 2 is 1.83 bits per heavy atom. The lowest BCUT2D eigenvalue weighted by molar-refractivity contribution is -0.132. The Hall–Kier alpha value is -1.13. The molecule has 1 aromatic carbocycles. The molecule has 1 aromatic heterocycles. The van der Waals surface area contributed by atoms with Crippen molar-refractivity contribution in [2.75, 3.05) is 5.32 Å². The van der Waals surface area contributed by atoms with E-state index < -0.39 is 0 Å². The summed E-state index contributed by atoms with van der Waals surface area (Å²) in [7, 11) is 0. The fourth-order valence-electron chi connectivity index (χ4n) is 5.49. The first-order valence-electron chi connectivity index (χ1n) is 8.52. The molecule has 3 nitrogen and oxygen atoms in total. The topological polar surface area (TPSA) is 42.0 Å². The fraction of sp³-hybridized carbons (Fsp3) is 0.556. The van der Waals surface area contributed by atoms with Crippen LogP contribution < -0.4 is 5.32 Å². The number of halogens is 1. The van der Waals surface area contributed by atoms with Crippen LogP contribution in [0.15, 0.2) is 18.2 Å². The standard InChI is InChI=1S/C18H19ClN2OS/c19-13-1-2-14-15(8-13)23-18(20-14)21-17(22)16-11-4-9-3-10(6-11)7-12(16)5-9/h1-2,8-12,16H,3-7H2,(H,20,21,22). The van der Waals surface area contributed by atoms with E-state index in [0.29, 0.717) is 22.0 Å². The van der Waals surface area contributed by atoms with Gasteiger partial charge in [0.05, 0.1) is 10.2 Å². The third-order valence-electron chi connectivity index (χ3n) is 6.11. The van der Waals surface area contributed by atoms with Gasteiger partial charge in [-0.05, 0) is 74.0 Å². The molecular formula is C18H19ClN2OS. The predicted octanol–water partition coefficient (Wildman–Crippen LogP) is 4.96. The van der Waals surface area contributed by atoms with Gasteiger partial charge in [-0.3, -0.25) is 4.79 Å². The second-order valence-electron chi connectivity index (χ2n) is 7.58. The van der Waals surface area contributed by atoms with Crippen LogP contribution in [0.25, 0.3) is 10.2 Å². The van der Waals surface area contributed by atoms with E-state index in [-0.39, 0.29) is 11.8 Å². The van der Waals surface area contributed by atoms with Crippen LogP contribution in [0.2, 0.25) is 5.02 Å². The predicted molar refractivity (Wildman–Crippen MR) is 93.8 cm³/mol. The highest BCUT2D eigenvalue weighted by atomic mass is 35.5. The molecule has 1 N–H and O–H groups in total. The Labute approximate surface area is 144 Å². The van der Waals surface area contributed by atoms with Gasteiger partial charge < -0.3 is 5.32 Å². The van der Waals surface area contributed by atoms with Crippen LogP contribution >= 0.6 is 22.9 Å². The van der Waals surface area contributed by atoms with Crippen molar-refractivity contribution in [3.05, 3.63) is 23.2 Å². The number of aromatic nitrogens is 1. The molecule has 4 saturated carbocycles. The van der Waals surface area contributed by atoms with Gasteiger partial charge in [-0.1, -0.05) is 22.9 Å². The van der Waals surface area contributed by atoms with E-state index in [0.717, 1.165) is 22.1 Å². The summed E-state index contributed by atoms with van der Waals surface area (Å²) >= 11 is 7.54. The molecule has 1 heterocycles. The molecule has 4 aliphatic rings. The van der Waals surface area contributed by atoms with Crippen molar-refractivity contribution in [3.8, 4) is 0 Å². The van der Waals surface area contributed by atoms with Crippen molar-refractivity contribution in [2.45, 2.75) is 32.1 Å². The summed E-state index contributed by atoms with van der Waals surface area (Å²) in [4.78, 5) is 17.4. The molecule has 0 saturated heterocycles. The first-order valence-corrected chi connectivity index (χ1v) is 9.72. The van der Waals surface area contributed by atoms with Crippen LogP contribution in [-0.4, -0.2) is 10.9 Å². The Kier molecular flexibility index (Phi) is 3.21. The third kappa shape index (κ3) is 2.38. The van der Waals surface area contributed by atoms with Crippen LogP contribution in [0.1, 0.15) is 32.1 Å². The second kappa shape index (κ2) is 5.18. The van der Waals surface area contributed by atoms with Crippen LogP contribution in [0.5, 0.6) is 0 Å². The van der Waals surface area contributed by atoms with E-state index in [1.165, 1.54) is 43.4 Å². The van der Waals surface area contributed by atoms with E-state index in [1.807, 2.05) is 18.2 Å². The van der Waals surface area contributed by atoms with Crippen molar-refractivity contribution in [2.24, 2.45) is 29.6 Å². The molecule has 4 aliphatic carbocycles. The van der Waals surface area contributed by atoms with Gasteiger partial charge in [0.15, 0.2) is 5.13 Å². The molecule has 0 unspecified atom stereocenters. The number of anilines is 1. The average molecular weight is 347 g/mol. The minimum atomic E-state index is 0.198. The molecule has 4 bridgehead atoms. The van der Waals surface area contributed by atoms with E-state index in [9.17, 15) is 4.79 Å². The normalized spacial score (nSPS) is 34.9. The number of rotatable bonds is 2. The zero-order chi connectivity index (χ0) is 15.6. The third-order valence-corrected chi connectivity index (χ3v) is 7.28. The molecule has 0 radical (unpaired) electrons. The first-order chi connectivity index (χ1) is 11.2. The summed E-state index contributed by atoms with van der Waals surface area (Å²) in [5.41, 5.74) is 0.903. The Morgan fingerprint density at radius 3 is 2.52 bits per heavy atom. The number of nitrogens with zero attached hydrogens (tertiary/aromatic N) is 1. The van der Waals surface area contributed by atoms with Crippen molar-refractivity contribution in [1.82, 2.24) is 4.98 Å². The zero-order valence-corrected chi connectivity index (χ0v) is 14.4. The van der Waals surface area contributed by atoms with Gasteiger partial charge in [-0.25, -0.2) is 4.98 Å². The maximum Gasteiger partial charge on any atom is 0.229 e. The smallest absolute Gasteiger partial charge is 0.229 e. The van der Waals surface area contributed by atoms with E-state index in [4.69, 9.17) is 11.6 Å². The number of amides is 1. The summed E-state index contributed by atoms with van der Waals surface area (Å²) in [6, 6.07) is 5.66. The summed E-state index contributed by atoms with van der Waals surface area (Å²) in [6.07, 6.45) is 6.47. The van der Waals surface area contributed by atoms with Gasteiger partial charge in [0, 0.05) is 10.9 Å². The van der Waals surface area contributed by atoms with Gasteiger partial charge >= 0.3 is 0 Å². The Morgan fingerprint density at radius 1 is 1.13 bits per heavy atom. The molecule has 4 fully saturated rings. The highest BCUT2D eigenvalue weighted by Crippen LogP contribution is 2.56. The number of thiazole rings is 1. The molecule has 5 heteroatoms. The minimum absolute atomic E-state index is 0.198. The number of benzene rings is 1. The van der Waals surface area contributed by atoms with E-state index in [1.54, 1.807) is 0 Å². The van der Waals surface area contributed by atoms with Crippen LogP contribution in [0, 0.1) is 29.6 Å². The summed E-state index contributed by atoms with van der Waals surface area (Å²) in [5.74, 6) is 3.41. The maximum absolute atomic E-state index is 12.9. The minimum Gasteiger partial charge on any atom is -0.302 e. The monoisotopic (exact) mass is 346 g/mol. The molecule has 0 aliphatic heterocycles. The Bertz CT molecular complexity index is 758. The molecule has 2 aromatic rings. The number of carbonyl (C=O) groups excluding carboxylic acids is 1. The van der Waals surface area contributed by atoms with E-state index in [2.05, 4.69) is 10.3 Å². The Balaban J connectivity index is 1.38. The first kappa shape index (κ1) is 14.2. The van der Waals surface area contributed by atoms with Gasteiger partial charge in [0.1, 0.15) is 0 Å². The lowest BCUT2D eigenvalue weighted by Gasteiger charge is -2.53. The van der Waals surface area contributed by atoms with Crippen molar-refractivity contribution < 1.29 is 4.79 Å².